The van der Waals surface area contributed by atoms with Crippen molar-refractivity contribution in [1.29, 1.82) is 0 Å². The van der Waals surface area contributed by atoms with Crippen molar-refractivity contribution >= 4 is 29.0 Å². The quantitative estimate of drug-likeness (QED) is 0.349. The third-order valence-corrected chi connectivity index (χ3v) is 2.62. The molecule has 9 nitrogen and oxygen atoms in total. The number of carbonyl (C=O) groups excluding carboxylic acids is 2. The number of carbonyl (C=O) groups is 2. The third kappa shape index (κ3) is 4.20. The number of benzene rings is 1. The van der Waals surface area contributed by atoms with Crippen LogP contribution in [0.4, 0.5) is 17.1 Å². The summed E-state index contributed by atoms with van der Waals surface area (Å²) in [7, 11) is 3.88. The van der Waals surface area contributed by atoms with E-state index >= 15 is 0 Å². The lowest BCUT2D eigenvalue weighted by Crippen LogP contribution is -2.16. The molecule has 0 saturated carbocycles. The van der Waals surface area contributed by atoms with E-state index in [1.807, 2.05) is 0 Å². The van der Waals surface area contributed by atoms with Crippen molar-refractivity contribution in [3.8, 4) is 0 Å². The summed E-state index contributed by atoms with van der Waals surface area (Å²) in [6.07, 6.45) is 0.923. The number of ether oxygens (including phenoxy) is 2. The van der Waals surface area contributed by atoms with Crippen LogP contribution in [0.25, 0.3) is 0 Å². The lowest BCUT2D eigenvalue weighted by Gasteiger charge is -2.13. The second-order valence-corrected chi connectivity index (χ2v) is 3.93. The van der Waals surface area contributed by atoms with Crippen molar-refractivity contribution in [1.82, 2.24) is 0 Å². The number of rotatable bonds is 6. The fourth-order valence-electron chi connectivity index (χ4n) is 1.54. The zero-order chi connectivity index (χ0) is 16.7. The summed E-state index contributed by atoms with van der Waals surface area (Å²) in [5.74, 6) is -1.54. The molecule has 0 spiro atoms. The minimum atomic E-state index is -0.786. The van der Waals surface area contributed by atoms with Gasteiger partial charge in [-0.1, -0.05) is 0 Å². The average molecular weight is 309 g/mol. The van der Waals surface area contributed by atoms with Crippen LogP contribution in [-0.4, -0.2) is 38.1 Å². The van der Waals surface area contributed by atoms with E-state index in [4.69, 9.17) is 0 Å². The Labute approximate surface area is 126 Å². The van der Waals surface area contributed by atoms with Gasteiger partial charge < -0.3 is 20.1 Å². The molecule has 0 amide bonds. The maximum absolute atomic E-state index is 11.7. The molecule has 0 heterocycles. The molecule has 0 aliphatic carbocycles. The molecule has 22 heavy (non-hydrogen) atoms. The number of non-ortho nitro benzene ring substituents is 1. The van der Waals surface area contributed by atoms with Crippen molar-refractivity contribution in [2.75, 3.05) is 31.9 Å². The molecule has 1 aromatic rings. The molecule has 9 heteroatoms. The molecule has 0 aliphatic rings. The Bertz CT molecular complexity index is 626. The van der Waals surface area contributed by atoms with E-state index in [1.54, 1.807) is 7.05 Å². The summed E-state index contributed by atoms with van der Waals surface area (Å²) in [6.45, 7) is 0. The molecule has 0 radical (unpaired) electrons. The van der Waals surface area contributed by atoms with Gasteiger partial charge in [0.1, 0.15) is 5.70 Å². The van der Waals surface area contributed by atoms with Crippen molar-refractivity contribution in [3.05, 3.63) is 40.1 Å². The van der Waals surface area contributed by atoms with Gasteiger partial charge in [0.15, 0.2) is 0 Å². The number of esters is 2. The van der Waals surface area contributed by atoms with E-state index in [2.05, 4.69) is 20.1 Å². The predicted molar refractivity (Wildman–Crippen MR) is 78.4 cm³/mol. The standard InChI is InChI=1S/C13H15N3O6/c1-14-10-6-8(16(19)20)4-5-9(10)15-11(13(18)22-3)7-12(17)21-2/h4-7,14-15H,1-3H3/b11-7+. The highest BCUT2D eigenvalue weighted by atomic mass is 16.6. The molecule has 1 aromatic carbocycles. The average Bonchev–Trinajstić information content (AvgIpc) is 2.53. The second-order valence-electron chi connectivity index (χ2n) is 3.93. The van der Waals surface area contributed by atoms with Crippen LogP contribution in [0.5, 0.6) is 0 Å². The first kappa shape index (κ1) is 17.0. The SMILES string of the molecule is CNc1cc([N+](=O)[O-])ccc1N/C(=C/C(=O)OC)C(=O)OC. The van der Waals surface area contributed by atoms with Gasteiger partial charge in [-0.2, -0.15) is 0 Å². The van der Waals surface area contributed by atoms with Crippen LogP contribution in [0.2, 0.25) is 0 Å². The molecule has 0 bridgehead atoms. The molecular formula is C13H15N3O6. The second kappa shape index (κ2) is 7.62. The fraction of sp³-hybridized carbons (Fsp3) is 0.231. The smallest absolute Gasteiger partial charge is 0.354 e. The van der Waals surface area contributed by atoms with E-state index in [0.717, 1.165) is 13.2 Å². The normalized spacial score (nSPS) is 10.6. The number of nitrogens with zero attached hydrogens (tertiary/aromatic N) is 1. The first-order valence-electron chi connectivity index (χ1n) is 6.04. The summed E-state index contributed by atoms with van der Waals surface area (Å²) in [6, 6.07) is 3.95. The lowest BCUT2D eigenvalue weighted by atomic mass is 10.2. The maximum Gasteiger partial charge on any atom is 0.354 e. The zero-order valence-corrected chi connectivity index (χ0v) is 12.2. The van der Waals surface area contributed by atoms with E-state index in [1.165, 1.54) is 25.3 Å². The number of nitro benzene ring substituents is 1. The van der Waals surface area contributed by atoms with Gasteiger partial charge in [0, 0.05) is 19.2 Å². The van der Waals surface area contributed by atoms with Crippen molar-refractivity contribution < 1.29 is 24.0 Å². The monoisotopic (exact) mass is 309 g/mol. The van der Waals surface area contributed by atoms with Gasteiger partial charge in [0.05, 0.1) is 36.6 Å². The van der Waals surface area contributed by atoms with Crippen molar-refractivity contribution in [3.63, 3.8) is 0 Å². The van der Waals surface area contributed by atoms with Crippen LogP contribution in [0.1, 0.15) is 0 Å². The first-order valence-corrected chi connectivity index (χ1v) is 6.04. The van der Waals surface area contributed by atoms with Gasteiger partial charge >= 0.3 is 11.9 Å². The Morgan fingerprint density at radius 3 is 2.41 bits per heavy atom. The molecule has 0 aliphatic heterocycles. The van der Waals surface area contributed by atoms with Crippen LogP contribution in [0.15, 0.2) is 30.0 Å². The minimum Gasteiger partial charge on any atom is -0.466 e. The summed E-state index contributed by atoms with van der Waals surface area (Å²) in [5.41, 5.74) is 0.439. The van der Waals surface area contributed by atoms with E-state index < -0.39 is 16.9 Å². The Kier molecular flexibility index (Phi) is 5.87. The molecule has 1 rings (SSSR count). The van der Waals surface area contributed by atoms with Crippen LogP contribution in [0.3, 0.4) is 0 Å². The number of hydrogen-bond donors (Lipinski definition) is 2. The molecule has 0 aromatic heterocycles. The van der Waals surface area contributed by atoms with Crippen LogP contribution < -0.4 is 10.6 Å². The van der Waals surface area contributed by atoms with Crippen molar-refractivity contribution in [2.45, 2.75) is 0 Å². The summed E-state index contributed by atoms with van der Waals surface area (Å²) in [5, 5.41) is 16.2. The van der Waals surface area contributed by atoms with Gasteiger partial charge in [0.2, 0.25) is 0 Å². The highest BCUT2D eigenvalue weighted by Crippen LogP contribution is 2.27. The molecule has 118 valence electrons. The van der Waals surface area contributed by atoms with Crippen LogP contribution in [0, 0.1) is 10.1 Å². The van der Waals surface area contributed by atoms with E-state index in [9.17, 15) is 19.7 Å². The van der Waals surface area contributed by atoms with Gasteiger partial charge in [0.25, 0.3) is 5.69 Å². The summed E-state index contributed by atoms with van der Waals surface area (Å²) >= 11 is 0. The molecule has 0 atom stereocenters. The largest absolute Gasteiger partial charge is 0.466 e. The molecule has 2 N–H and O–H groups in total. The van der Waals surface area contributed by atoms with Crippen LogP contribution >= 0.6 is 0 Å². The van der Waals surface area contributed by atoms with E-state index in [-0.39, 0.29) is 11.4 Å². The Balaban J connectivity index is 3.18. The lowest BCUT2D eigenvalue weighted by molar-refractivity contribution is -0.384. The maximum atomic E-state index is 11.7. The molecular weight excluding hydrogens is 294 g/mol. The first-order chi connectivity index (χ1) is 10.4. The summed E-state index contributed by atoms with van der Waals surface area (Å²) < 4.78 is 9.01. The van der Waals surface area contributed by atoms with E-state index in [0.29, 0.717) is 11.4 Å². The van der Waals surface area contributed by atoms with Gasteiger partial charge in [-0.3, -0.25) is 10.1 Å². The van der Waals surface area contributed by atoms with Gasteiger partial charge in [-0.05, 0) is 6.07 Å². The predicted octanol–water partition coefficient (Wildman–Crippen LogP) is 1.28. The fourth-order valence-corrected chi connectivity index (χ4v) is 1.54. The molecule has 0 saturated heterocycles. The minimum absolute atomic E-state index is 0.119. The van der Waals surface area contributed by atoms with Crippen molar-refractivity contribution in [2.24, 2.45) is 0 Å². The highest BCUT2D eigenvalue weighted by molar-refractivity contribution is 5.99. The number of anilines is 2. The number of nitro groups is 1. The topological polar surface area (TPSA) is 120 Å². The molecule has 0 fully saturated rings. The number of nitrogens with one attached hydrogen (secondary N) is 2. The molecule has 0 unspecified atom stereocenters. The van der Waals surface area contributed by atoms with Crippen LogP contribution in [-0.2, 0) is 19.1 Å². The zero-order valence-electron chi connectivity index (χ0n) is 12.2. The van der Waals surface area contributed by atoms with Gasteiger partial charge in [-0.15, -0.1) is 0 Å². The number of hydrogen-bond acceptors (Lipinski definition) is 8. The Hall–Kier alpha value is -3.10. The Morgan fingerprint density at radius 2 is 1.91 bits per heavy atom. The number of methoxy groups -OCH3 is 2. The highest BCUT2D eigenvalue weighted by Gasteiger charge is 2.16. The summed E-state index contributed by atoms with van der Waals surface area (Å²) in [4.78, 5) is 33.1. The third-order valence-electron chi connectivity index (χ3n) is 2.62. The van der Waals surface area contributed by atoms with Gasteiger partial charge in [-0.25, -0.2) is 9.59 Å². The Morgan fingerprint density at radius 1 is 1.23 bits per heavy atom.